The molecular formula is C19H20F2N2O2. The third-order valence-corrected chi connectivity index (χ3v) is 4.10. The van der Waals surface area contributed by atoms with Crippen molar-refractivity contribution in [3.8, 4) is 0 Å². The second-order valence-corrected chi connectivity index (χ2v) is 6.23. The standard InChI is InChI=1S/C19H20F2N2O2/c1-13-2-4-14(5-3-13)11-23-6-7-25-18(12-23)19(24)22-17-9-15(20)8-16(21)10-17/h2-5,8-10,18H,6-7,11-12H2,1H3,(H,22,24). The van der Waals surface area contributed by atoms with Crippen LogP contribution in [0.25, 0.3) is 0 Å². The molecule has 1 saturated heterocycles. The Kier molecular flexibility index (Phi) is 5.40. The predicted octanol–water partition coefficient (Wildman–Crippen LogP) is 3.11. The van der Waals surface area contributed by atoms with Crippen molar-refractivity contribution in [2.45, 2.75) is 19.6 Å². The van der Waals surface area contributed by atoms with E-state index < -0.39 is 23.6 Å². The first-order chi connectivity index (χ1) is 12.0. The molecule has 1 atom stereocenters. The fraction of sp³-hybridized carbons (Fsp3) is 0.316. The number of morpholine rings is 1. The maximum atomic E-state index is 13.2. The molecule has 0 spiro atoms. The van der Waals surface area contributed by atoms with Gasteiger partial charge in [-0.15, -0.1) is 0 Å². The number of anilines is 1. The molecule has 6 heteroatoms. The van der Waals surface area contributed by atoms with Gasteiger partial charge >= 0.3 is 0 Å². The van der Waals surface area contributed by atoms with Crippen molar-refractivity contribution >= 4 is 11.6 Å². The molecule has 1 aliphatic rings. The number of halogens is 2. The summed E-state index contributed by atoms with van der Waals surface area (Å²) in [6.45, 7) is 4.35. The van der Waals surface area contributed by atoms with Crippen molar-refractivity contribution in [3.05, 3.63) is 65.2 Å². The second-order valence-electron chi connectivity index (χ2n) is 6.23. The molecule has 1 unspecified atom stereocenters. The largest absolute Gasteiger partial charge is 0.366 e. The lowest BCUT2D eigenvalue weighted by Crippen LogP contribution is -2.47. The molecule has 1 N–H and O–H groups in total. The number of nitrogens with one attached hydrogen (secondary N) is 1. The molecule has 1 aliphatic heterocycles. The van der Waals surface area contributed by atoms with Crippen LogP contribution < -0.4 is 5.32 Å². The van der Waals surface area contributed by atoms with Crippen LogP contribution in [0.4, 0.5) is 14.5 Å². The Bertz CT molecular complexity index is 729. The number of hydrogen-bond acceptors (Lipinski definition) is 3. The highest BCUT2D eigenvalue weighted by molar-refractivity contribution is 5.94. The van der Waals surface area contributed by atoms with Crippen LogP contribution in [0, 0.1) is 18.6 Å². The van der Waals surface area contributed by atoms with Gasteiger partial charge in [0.2, 0.25) is 0 Å². The smallest absolute Gasteiger partial charge is 0.254 e. The van der Waals surface area contributed by atoms with Crippen LogP contribution >= 0.6 is 0 Å². The Morgan fingerprint density at radius 1 is 1.20 bits per heavy atom. The molecule has 2 aromatic carbocycles. The van der Waals surface area contributed by atoms with Crippen molar-refractivity contribution in [2.75, 3.05) is 25.0 Å². The highest BCUT2D eigenvalue weighted by Crippen LogP contribution is 2.16. The first-order valence-electron chi connectivity index (χ1n) is 8.16. The molecule has 0 aliphatic carbocycles. The van der Waals surface area contributed by atoms with E-state index in [1.165, 1.54) is 11.1 Å². The lowest BCUT2D eigenvalue weighted by molar-refractivity contribution is -0.133. The molecular weight excluding hydrogens is 326 g/mol. The maximum Gasteiger partial charge on any atom is 0.254 e. The van der Waals surface area contributed by atoms with E-state index in [1.807, 2.05) is 6.92 Å². The Labute approximate surface area is 145 Å². The Morgan fingerprint density at radius 2 is 1.88 bits per heavy atom. The molecule has 132 valence electrons. The van der Waals surface area contributed by atoms with Crippen LogP contribution in [0.2, 0.25) is 0 Å². The number of carbonyl (C=O) groups excluding carboxylic acids is 1. The van der Waals surface area contributed by atoms with E-state index in [-0.39, 0.29) is 5.69 Å². The van der Waals surface area contributed by atoms with Crippen LogP contribution in [0.5, 0.6) is 0 Å². The van der Waals surface area contributed by atoms with E-state index in [2.05, 4.69) is 34.5 Å². The van der Waals surface area contributed by atoms with E-state index in [1.54, 1.807) is 0 Å². The van der Waals surface area contributed by atoms with Gasteiger partial charge in [0.15, 0.2) is 0 Å². The van der Waals surface area contributed by atoms with Crippen molar-refractivity contribution in [1.29, 1.82) is 0 Å². The third-order valence-electron chi connectivity index (χ3n) is 4.10. The maximum absolute atomic E-state index is 13.2. The predicted molar refractivity (Wildman–Crippen MR) is 91.2 cm³/mol. The normalized spacial score (nSPS) is 18.1. The number of ether oxygens (including phenoxy) is 1. The number of rotatable bonds is 4. The molecule has 1 amide bonds. The molecule has 0 bridgehead atoms. The van der Waals surface area contributed by atoms with Gasteiger partial charge in [-0.3, -0.25) is 9.69 Å². The van der Waals surface area contributed by atoms with Crippen LogP contribution in [0.3, 0.4) is 0 Å². The SMILES string of the molecule is Cc1ccc(CN2CCOC(C(=O)Nc3cc(F)cc(F)c3)C2)cc1. The summed E-state index contributed by atoms with van der Waals surface area (Å²) >= 11 is 0. The summed E-state index contributed by atoms with van der Waals surface area (Å²) in [4.78, 5) is 14.5. The lowest BCUT2D eigenvalue weighted by atomic mass is 10.1. The highest BCUT2D eigenvalue weighted by Gasteiger charge is 2.27. The van der Waals surface area contributed by atoms with Gasteiger partial charge in [-0.25, -0.2) is 8.78 Å². The highest BCUT2D eigenvalue weighted by atomic mass is 19.1. The summed E-state index contributed by atoms with van der Waals surface area (Å²) in [5.74, 6) is -1.87. The van der Waals surface area contributed by atoms with E-state index >= 15 is 0 Å². The zero-order valence-electron chi connectivity index (χ0n) is 14.0. The van der Waals surface area contributed by atoms with Crippen LogP contribution in [-0.2, 0) is 16.1 Å². The number of carbonyl (C=O) groups is 1. The molecule has 3 rings (SSSR count). The molecule has 0 saturated carbocycles. The minimum Gasteiger partial charge on any atom is -0.366 e. The van der Waals surface area contributed by atoms with Crippen LogP contribution in [0.15, 0.2) is 42.5 Å². The van der Waals surface area contributed by atoms with Gasteiger partial charge < -0.3 is 10.1 Å². The average Bonchev–Trinajstić information content (AvgIpc) is 2.56. The first-order valence-corrected chi connectivity index (χ1v) is 8.16. The lowest BCUT2D eigenvalue weighted by Gasteiger charge is -2.32. The molecule has 25 heavy (non-hydrogen) atoms. The van der Waals surface area contributed by atoms with Crippen molar-refractivity contribution in [3.63, 3.8) is 0 Å². The van der Waals surface area contributed by atoms with Gasteiger partial charge in [-0.1, -0.05) is 29.8 Å². The first kappa shape index (κ1) is 17.5. The van der Waals surface area contributed by atoms with Gasteiger partial charge in [-0.05, 0) is 24.6 Å². The van der Waals surface area contributed by atoms with Gasteiger partial charge in [0, 0.05) is 31.4 Å². The van der Waals surface area contributed by atoms with Crippen molar-refractivity contribution in [1.82, 2.24) is 4.90 Å². The number of hydrogen-bond donors (Lipinski definition) is 1. The number of amides is 1. The number of aryl methyl sites for hydroxylation is 1. The summed E-state index contributed by atoms with van der Waals surface area (Å²) < 4.78 is 32.0. The molecule has 2 aromatic rings. The van der Waals surface area contributed by atoms with Gasteiger partial charge in [-0.2, -0.15) is 0 Å². The quantitative estimate of drug-likeness (QED) is 0.925. The minimum absolute atomic E-state index is 0.0850. The fourth-order valence-electron chi connectivity index (χ4n) is 2.81. The Balaban J connectivity index is 1.60. The molecule has 1 fully saturated rings. The van der Waals surface area contributed by atoms with Gasteiger partial charge in [0.25, 0.3) is 5.91 Å². The zero-order chi connectivity index (χ0) is 17.8. The molecule has 1 heterocycles. The Morgan fingerprint density at radius 3 is 2.56 bits per heavy atom. The van der Waals surface area contributed by atoms with E-state index in [0.29, 0.717) is 13.2 Å². The van der Waals surface area contributed by atoms with Crippen molar-refractivity contribution < 1.29 is 18.3 Å². The minimum atomic E-state index is -0.735. The zero-order valence-corrected chi connectivity index (χ0v) is 14.0. The molecule has 0 radical (unpaired) electrons. The van der Waals surface area contributed by atoms with E-state index in [0.717, 1.165) is 31.3 Å². The molecule has 0 aromatic heterocycles. The monoisotopic (exact) mass is 346 g/mol. The number of nitrogens with zero attached hydrogens (tertiary/aromatic N) is 1. The van der Waals surface area contributed by atoms with Crippen LogP contribution in [-0.4, -0.2) is 36.6 Å². The topological polar surface area (TPSA) is 41.6 Å². The summed E-state index contributed by atoms with van der Waals surface area (Å²) in [5, 5.41) is 2.51. The van der Waals surface area contributed by atoms with Crippen LogP contribution in [0.1, 0.15) is 11.1 Å². The fourth-order valence-corrected chi connectivity index (χ4v) is 2.81. The van der Waals surface area contributed by atoms with Gasteiger partial charge in [0.1, 0.15) is 17.7 Å². The number of benzene rings is 2. The van der Waals surface area contributed by atoms with Gasteiger partial charge in [0.05, 0.1) is 6.61 Å². The average molecular weight is 346 g/mol. The Hall–Kier alpha value is -2.31. The summed E-state index contributed by atoms with van der Waals surface area (Å²) in [5.41, 5.74) is 2.45. The van der Waals surface area contributed by atoms with E-state index in [4.69, 9.17) is 4.74 Å². The van der Waals surface area contributed by atoms with E-state index in [9.17, 15) is 13.6 Å². The molecule has 4 nitrogen and oxygen atoms in total. The summed E-state index contributed by atoms with van der Waals surface area (Å²) in [6.07, 6.45) is -0.675. The third kappa shape index (κ3) is 4.84. The summed E-state index contributed by atoms with van der Waals surface area (Å²) in [7, 11) is 0. The second kappa shape index (κ2) is 7.72. The van der Waals surface area contributed by atoms with Crippen molar-refractivity contribution in [2.24, 2.45) is 0 Å². The summed E-state index contributed by atoms with van der Waals surface area (Å²) in [6, 6.07) is 11.2.